The van der Waals surface area contributed by atoms with E-state index in [9.17, 15) is 9.18 Å². The molecule has 3 heterocycles. The van der Waals surface area contributed by atoms with E-state index in [0.717, 1.165) is 24.9 Å². The summed E-state index contributed by atoms with van der Waals surface area (Å²) in [6.07, 6.45) is 3.69. The van der Waals surface area contributed by atoms with Gasteiger partial charge in [0.15, 0.2) is 0 Å². The van der Waals surface area contributed by atoms with Gasteiger partial charge in [0.1, 0.15) is 11.5 Å². The van der Waals surface area contributed by atoms with Gasteiger partial charge in [-0.05, 0) is 50.2 Å². The van der Waals surface area contributed by atoms with E-state index in [2.05, 4.69) is 22.1 Å². The third-order valence-corrected chi connectivity index (χ3v) is 5.41. The largest absolute Gasteiger partial charge is 0.332 e. The van der Waals surface area contributed by atoms with Crippen LogP contribution in [0.3, 0.4) is 0 Å². The molecule has 0 radical (unpaired) electrons. The SMILES string of the molecule is CN1CCC[C@@H]2[C@H]1[C@@H](c1ccc(F)cc1)CN2C(=O)c1ccn[nH]1. The number of likely N-dealkylation sites (N-methyl/N-ethyl adjacent to an activating group) is 1. The highest BCUT2D eigenvalue weighted by molar-refractivity contribution is 5.92. The van der Waals surface area contributed by atoms with Crippen molar-refractivity contribution in [2.75, 3.05) is 20.1 Å². The zero-order chi connectivity index (χ0) is 16.7. The Kier molecular flexibility index (Phi) is 3.84. The topological polar surface area (TPSA) is 52.2 Å². The first kappa shape index (κ1) is 15.3. The van der Waals surface area contributed by atoms with Gasteiger partial charge in [-0.3, -0.25) is 9.89 Å². The lowest BCUT2D eigenvalue weighted by Crippen LogP contribution is -2.50. The van der Waals surface area contributed by atoms with Crippen LogP contribution in [-0.4, -0.2) is 58.1 Å². The van der Waals surface area contributed by atoms with Crippen molar-refractivity contribution in [2.45, 2.75) is 30.8 Å². The number of halogens is 1. The Morgan fingerprint density at radius 3 is 2.79 bits per heavy atom. The molecule has 0 saturated carbocycles. The normalized spacial score (nSPS) is 27.2. The first-order chi connectivity index (χ1) is 11.6. The van der Waals surface area contributed by atoms with E-state index >= 15 is 0 Å². The van der Waals surface area contributed by atoms with E-state index in [4.69, 9.17) is 0 Å². The van der Waals surface area contributed by atoms with Gasteiger partial charge in [-0.15, -0.1) is 0 Å². The van der Waals surface area contributed by atoms with Crippen molar-refractivity contribution < 1.29 is 9.18 Å². The molecule has 0 bridgehead atoms. The summed E-state index contributed by atoms with van der Waals surface area (Å²) in [5, 5.41) is 6.67. The number of benzene rings is 1. The molecule has 2 aliphatic heterocycles. The molecular weight excluding hydrogens is 307 g/mol. The Bertz CT molecular complexity index is 715. The molecule has 1 aromatic heterocycles. The standard InChI is InChI=1S/C18H21FN4O/c1-22-10-2-3-16-17(22)14(12-4-6-13(19)7-5-12)11-23(16)18(24)15-8-9-20-21-15/h4-9,14,16-17H,2-3,10-11H2,1H3,(H,20,21)/t14-,16-,17-/m1/s1. The number of hydrogen-bond donors (Lipinski definition) is 1. The number of H-pyrrole nitrogens is 1. The molecule has 2 aliphatic rings. The van der Waals surface area contributed by atoms with Gasteiger partial charge in [-0.25, -0.2) is 4.39 Å². The average Bonchev–Trinajstić information content (AvgIpc) is 3.24. The zero-order valence-corrected chi connectivity index (χ0v) is 13.7. The maximum absolute atomic E-state index is 13.3. The zero-order valence-electron chi connectivity index (χ0n) is 13.7. The van der Waals surface area contributed by atoms with Crippen LogP contribution in [0, 0.1) is 5.82 Å². The van der Waals surface area contributed by atoms with E-state index in [1.165, 1.54) is 12.1 Å². The molecule has 1 aromatic carbocycles. The van der Waals surface area contributed by atoms with Gasteiger partial charge in [-0.2, -0.15) is 5.10 Å². The number of nitrogens with one attached hydrogen (secondary N) is 1. The Labute approximate surface area is 140 Å². The number of nitrogens with zero attached hydrogens (tertiary/aromatic N) is 3. The number of likely N-dealkylation sites (tertiary alicyclic amines) is 2. The second-order valence-electron chi connectivity index (χ2n) is 6.77. The number of carbonyl (C=O) groups excluding carboxylic acids is 1. The number of carbonyl (C=O) groups is 1. The molecule has 0 aliphatic carbocycles. The molecular formula is C18H21FN4O. The van der Waals surface area contributed by atoms with Crippen LogP contribution in [0.25, 0.3) is 0 Å². The summed E-state index contributed by atoms with van der Waals surface area (Å²) < 4.78 is 13.3. The van der Waals surface area contributed by atoms with Gasteiger partial charge in [0.25, 0.3) is 5.91 Å². The number of amides is 1. The van der Waals surface area contributed by atoms with Gasteiger partial charge >= 0.3 is 0 Å². The third-order valence-electron chi connectivity index (χ3n) is 5.41. The monoisotopic (exact) mass is 328 g/mol. The van der Waals surface area contributed by atoms with Crippen molar-refractivity contribution in [1.29, 1.82) is 0 Å². The molecule has 0 spiro atoms. The van der Waals surface area contributed by atoms with Crippen LogP contribution in [-0.2, 0) is 0 Å². The number of aromatic amines is 1. The molecule has 1 amide bonds. The summed E-state index contributed by atoms with van der Waals surface area (Å²) in [7, 11) is 2.12. The molecule has 0 unspecified atom stereocenters. The Morgan fingerprint density at radius 1 is 1.29 bits per heavy atom. The molecule has 24 heavy (non-hydrogen) atoms. The Morgan fingerprint density at radius 2 is 2.08 bits per heavy atom. The maximum atomic E-state index is 13.3. The van der Waals surface area contributed by atoms with Crippen LogP contribution in [0.1, 0.15) is 34.8 Å². The highest BCUT2D eigenvalue weighted by atomic mass is 19.1. The number of piperidine rings is 1. The highest BCUT2D eigenvalue weighted by Crippen LogP contribution is 2.40. The predicted octanol–water partition coefficient (Wildman–Crippen LogP) is 2.25. The van der Waals surface area contributed by atoms with E-state index in [0.29, 0.717) is 12.2 Å². The van der Waals surface area contributed by atoms with Crippen LogP contribution in [0.5, 0.6) is 0 Å². The third kappa shape index (κ3) is 2.51. The van der Waals surface area contributed by atoms with E-state index in [1.54, 1.807) is 12.3 Å². The minimum atomic E-state index is -0.226. The Hall–Kier alpha value is -2.21. The summed E-state index contributed by atoms with van der Waals surface area (Å²) in [5.74, 6) is -0.0223. The van der Waals surface area contributed by atoms with Crippen LogP contribution >= 0.6 is 0 Å². The lowest BCUT2D eigenvalue weighted by molar-refractivity contribution is 0.0623. The number of aromatic nitrogens is 2. The maximum Gasteiger partial charge on any atom is 0.272 e. The van der Waals surface area contributed by atoms with Crippen LogP contribution in [0.15, 0.2) is 36.5 Å². The molecule has 5 nitrogen and oxygen atoms in total. The van der Waals surface area contributed by atoms with Crippen molar-refractivity contribution in [3.05, 3.63) is 53.6 Å². The molecule has 126 valence electrons. The fourth-order valence-corrected chi connectivity index (χ4v) is 4.31. The van der Waals surface area contributed by atoms with Crippen molar-refractivity contribution in [3.8, 4) is 0 Å². The lowest BCUT2D eigenvalue weighted by atomic mass is 9.86. The predicted molar refractivity (Wildman–Crippen MR) is 88.2 cm³/mol. The fraction of sp³-hybridized carbons (Fsp3) is 0.444. The van der Waals surface area contributed by atoms with Gasteiger partial charge in [0.05, 0.1) is 0 Å². The summed E-state index contributed by atoms with van der Waals surface area (Å²) >= 11 is 0. The van der Waals surface area contributed by atoms with Crippen molar-refractivity contribution in [2.24, 2.45) is 0 Å². The smallest absolute Gasteiger partial charge is 0.272 e. The van der Waals surface area contributed by atoms with Crippen LogP contribution in [0.2, 0.25) is 0 Å². The van der Waals surface area contributed by atoms with Crippen LogP contribution < -0.4 is 0 Å². The second-order valence-corrected chi connectivity index (χ2v) is 6.77. The lowest BCUT2D eigenvalue weighted by Gasteiger charge is -2.39. The molecule has 6 heteroatoms. The van der Waals surface area contributed by atoms with Gasteiger partial charge < -0.3 is 9.80 Å². The van der Waals surface area contributed by atoms with E-state index in [-0.39, 0.29) is 29.7 Å². The summed E-state index contributed by atoms with van der Waals surface area (Å²) in [4.78, 5) is 17.2. The van der Waals surface area contributed by atoms with Gasteiger partial charge in [-0.1, -0.05) is 12.1 Å². The fourth-order valence-electron chi connectivity index (χ4n) is 4.31. The Balaban J connectivity index is 1.67. The number of hydrogen-bond acceptors (Lipinski definition) is 3. The molecule has 2 saturated heterocycles. The van der Waals surface area contributed by atoms with Crippen molar-refractivity contribution in [3.63, 3.8) is 0 Å². The quantitative estimate of drug-likeness (QED) is 0.920. The van der Waals surface area contributed by atoms with Crippen molar-refractivity contribution in [1.82, 2.24) is 20.0 Å². The first-order valence-electron chi connectivity index (χ1n) is 8.41. The molecule has 2 aromatic rings. The molecule has 2 fully saturated rings. The van der Waals surface area contributed by atoms with E-state index < -0.39 is 0 Å². The first-order valence-corrected chi connectivity index (χ1v) is 8.41. The number of rotatable bonds is 2. The summed E-state index contributed by atoms with van der Waals surface area (Å²) in [5.41, 5.74) is 1.63. The van der Waals surface area contributed by atoms with Gasteiger partial charge in [0, 0.05) is 30.7 Å². The molecule has 1 N–H and O–H groups in total. The van der Waals surface area contributed by atoms with Crippen LogP contribution in [0.4, 0.5) is 4.39 Å². The molecule has 3 atom stereocenters. The minimum Gasteiger partial charge on any atom is -0.332 e. The second kappa shape index (κ2) is 6.02. The summed E-state index contributed by atoms with van der Waals surface area (Å²) in [6.45, 7) is 1.69. The molecule has 4 rings (SSSR count). The van der Waals surface area contributed by atoms with Crippen molar-refractivity contribution >= 4 is 5.91 Å². The minimum absolute atomic E-state index is 0.00223. The van der Waals surface area contributed by atoms with E-state index in [1.807, 2.05) is 17.0 Å². The number of fused-ring (bicyclic) bond motifs is 1. The summed E-state index contributed by atoms with van der Waals surface area (Å²) in [6, 6.07) is 8.90. The van der Waals surface area contributed by atoms with Gasteiger partial charge in [0.2, 0.25) is 0 Å². The average molecular weight is 328 g/mol. The highest BCUT2D eigenvalue weighted by Gasteiger charge is 2.47.